The number of amides is 1. The molecule has 0 saturated heterocycles. The van der Waals surface area contributed by atoms with Crippen molar-refractivity contribution in [1.29, 1.82) is 0 Å². The van der Waals surface area contributed by atoms with Crippen LogP contribution in [0, 0.1) is 0 Å². The maximum Gasteiger partial charge on any atom is 0.252 e. The van der Waals surface area contributed by atoms with E-state index >= 15 is 0 Å². The van der Waals surface area contributed by atoms with Gasteiger partial charge in [0.05, 0.1) is 11.3 Å². The number of carbonyl (C=O) groups excluding carboxylic acids is 1. The van der Waals surface area contributed by atoms with E-state index in [0.29, 0.717) is 13.1 Å². The van der Waals surface area contributed by atoms with Crippen molar-refractivity contribution in [2.24, 2.45) is 0 Å². The van der Waals surface area contributed by atoms with Crippen LogP contribution in [0.1, 0.15) is 6.92 Å². The number of rotatable bonds is 7. The molecule has 5 heteroatoms. The minimum absolute atomic E-state index is 0.0187. The number of anilines is 1. The first kappa shape index (κ1) is 19.0. The van der Waals surface area contributed by atoms with Gasteiger partial charge < -0.3 is 9.47 Å². The van der Waals surface area contributed by atoms with Crippen LogP contribution in [0.5, 0.6) is 0 Å². The fourth-order valence-electron chi connectivity index (χ4n) is 3.06. The number of para-hydroxylation sites is 2. The Balaban J connectivity index is 1.87. The zero-order chi connectivity index (χ0) is 19.2. The number of nitrogens with zero attached hydrogens (tertiary/aromatic N) is 2. The topological polar surface area (TPSA) is 42.3 Å². The normalized spacial score (nSPS) is 10.7. The molecular weight excluding hydrogens is 356 g/mol. The largest absolute Gasteiger partial charge is 0.308 e. The summed E-state index contributed by atoms with van der Waals surface area (Å²) in [7, 11) is 0. The minimum atomic E-state index is -0.0443. The maximum atomic E-state index is 12.8. The molecule has 1 amide bonds. The monoisotopic (exact) mass is 378 g/mol. The molecule has 4 nitrogen and oxygen atoms in total. The molecule has 0 aliphatic rings. The van der Waals surface area contributed by atoms with E-state index in [1.807, 2.05) is 61.5 Å². The van der Waals surface area contributed by atoms with E-state index in [9.17, 15) is 9.59 Å². The molecule has 0 aliphatic heterocycles. The molecule has 0 unspecified atom stereocenters. The predicted octanol–water partition coefficient (Wildman–Crippen LogP) is 4.33. The molecule has 0 atom stereocenters. The highest BCUT2D eigenvalue weighted by Gasteiger charge is 2.16. The van der Waals surface area contributed by atoms with Gasteiger partial charge in [0.25, 0.3) is 5.56 Å². The van der Waals surface area contributed by atoms with Crippen molar-refractivity contribution in [3.8, 4) is 0 Å². The number of aryl methyl sites for hydroxylation is 1. The second kappa shape index (κ2) is 8.73. The number of fused-ring (bicyclic) bond motifs is 1. The van der Waals surface area contributed by atoms with Gasteiger partial charge in [-0.3, -0.25) is 9.59 Å². The number of pyridine rings is 1. The standard InChI is InChI=1S/C22H22N2O2S/c1-3-14-24(17-10-6-5-7-11-17)22(26)16-27-20-15-21(25)23(4-2)19-13-9-8-12-18(19)20/h3,5-13,15H,1,4,14,16H2,2H3. The van der Waals surface area contributed by atoms with E-state index in [2.05, 4.69) is 6.58 Å². The third kappa shape index (κ3) is 4.14. The molecule has 138 valence electrons. The van der Waals surface area contributed by atoms with Gasteiger partial charge in [0.1, 0.15) is 0 Å². The van der Waals surface area contributed by atoms with Crippen molar-refractivity contribution in [3.05, 3.63) is 83.7 Å². The van der Waals surface area contributed by atoms with Crippen molar-refractivity contribution in [1.82, 2.24) is 4.57 Å². The summed E-state index contributed by atoms with van der Waals surface area (Å²) in [5.41, 5.74) is 1.69. The number of thioether (sulfide) groups is 1. The summed E-state index contributed by atoms with van der Waals surface area (Å²) < 4.78 is 1.75. The van der Waals surface area contributed by atoms with Crippen molar-refractivity contribution in [2.45, 2.75) is 18.4 Å². The second-order valence-electron chi connectivity index (χ2n) is 6.03. The summed E-state index contributed by atoms with van der Waals surface area (Å²) >= 11 is 1.40. The highest BCUT2D eigenvalue weighted by atomic mass is 32.2. The Morgan fingerprint density at radius 3 is 2.56 bits per heavy atom. The SMILES string of the molecule is C=CCN(C(=O)CSc1cc(=O)n(CC)c2ccccc12)c1ccccc1. The Labute approximate surface area is 163 Å². The number of aromatic nitrogens is 1. The fourth-order valence-corrected chi connectivity index (χ4v) is 4.00. The lowest BCUT2D eigenvalue weighted by Crippen LogP contribution is -2.32. The molecule has 1 aromatic heterocycles. The highest BCUT2D eigenvalue weighted by Crippen LogP contribution is 2.27. The lowest BCUT2D eigenvalue weighted by atomic mass is 10.2. The van der Waals surface area contributed by atoms with Gasteiger partial charge in [0.2, 0.25) is 5.91 Å². The van der Waals surface area contributed by atoms with Crippen molar-refractivity contribution < 1.29 is 4.79 Å². The van der Waals surface area contributed by atoms with Gasteiger partial charge in [0, 0.05) is 35.1 Å². The molecule has 0 saturated carbocycles. The first-order valence-corrected chi connectivity index (χ1v) is 9.86. The van der Waals surface area contributed by atoms with Gasteiger partial charge >= 0.3 is 0 Å². The van der Waals surface area contributed by atoms with Gasteiger partial charge in [-0.1, -0.05) is 42.5 Å². The first-order valence-electron chi connectivity index (χ1n) is 8.87. The van der Waals surface area contributed by atoms with E-state index in [1.54, 1.807) is 21.6 Å². The number of carbonyl (C=O) groups is 1. The van der Waals surface area contributed by atoms with E-state index in [0.717, 1.165) is 21.5 Å². The highest BCUT2D eigenvalue weighted by molar-refractivity contribution is 8.00. The number of hydrogen-bond acceptors (Lipinski definition) is 3. The smallest absolute Gasteiger partial charge is 0.252 e. The maximum absolute atomic E-state index is 12.8. The molecule has 2 aromatic carbocycles. The van der Waals surface area contributed by atoms with Crippen LogP contribution in [0.3, 0.4) is 0 Å². The Hall–Kier alpha value is -2.79. The predicted molar refractivity (Wildman–Crippen MR) is 114 cm³/mol. The van der Waals surface area contributed by atoms with Crippen LogP contribution in [0.2, 0.25) is 0 Å². The zero-order valence-electron chi connectivity index (χ0n) is 15.3. The van der Waals surface area contributed by atoms with E-state index in [-0.39, 0.29) is 17.2 Å². The fraction of sp³-hybridized carbons (Fsp3) is 0.182. The molecule has 0 fully saturated rings. The average Bonchev–Trinajstić information content (AvgIpc) is 2.70. The Kier molecular flexibility index (Phi) is 6.14. The van der Waals surface area contributed by atoms with E-state index in [4.69, 9.17) is 0 Å². The Morgan fingerprint density at radius 1 is 1.15 bits per heavy atom. The molecule has 3 aromatic rings. The molecule has 0 aliphatic carbocycles. The van der Waals surface area contributed by atoms with Gasteiger partial charge in [-0.2, -0.15) is 0 Å². The molecule has 1 heterocycles. The Bertz CT molecular complexity index is 1010. The number of benzene rings is 2. The zero-order valence-corrected chi connectivity index (χ0v) is 16.1. The van der Waals surface area contributed by atoms with Gasteiger partial charge in [-0.25, -0.2) is 0 Å². The van der Waals surface area contributed by atoms with Gasteiger partial charge in [0.15, 0.2) is 0 Å². The van der Waals surface area contributed by atoms with Crippen LogP contribution >= 0.6 is 11.8 Å². The summed E-state index contributed by atoms with van der Waals surface area (Å²) in [5.74, 6) is 0.234. The molecule has 0 radical (unpaired) electrons. The van der Waals surface area contributed by atoms with Gasteiger partial charge in [-0.05, 0) is 25.1 Å². The third-order valence-electron chi connectivity index (χ3n) is 4.33. The molecule has 27 heavy (non-hydrogen) atoms. The molecule has 0 bridgehead atoms. The lowest BCUT2D eigenvalue weighted by molar-refractivity contribution is -0.116. The lowest BCUT2D eigenvalue weighted by Gasteiger charge is -2.21. The van der Waals surface area contributed by atoms with Crippen LogP contribution in [0.4, 0.5) is 5.69 Å². The summed E-state index contributed by atoms with van der Waals surface area (Å²) in [6.07, 6.45) is 1.72. The van der Waals surface area contributed by atoms with Crippen LogP contribution in [0.15, 0.2) is 83.0 Å². The van der Waals surface area contributed by atoms with Crippen LogP contribution in [0.25, 0.3) is 10.9 Å². The summed E-state index contributed by atoms with van der Waals surface area (Å²) in [6, 6.07) is 19.0. The molecule has 0 N–H and O–H groups in total. The number of hydrogen-bond donors (Lipinski definition) is 0. The average molecular weight is 378 g/mol. The first-order chi connectivity index (χ1) is 13.2. The van der Waals surface area contributed by atoms with Gasteiger partial charge in [-0.15, -0.1) is 18.3 Å². The summed E-state index contributed by atoms with van der Waals surface area (Å²) in [6.45, 7) is 6.77. The third-order valence-corrected chi connectivity index (χ3v) is 5.37. The molecule has 3 rings (SSSR count). The van der Waals surface area contributed by atoms with Crippen molar-refractivity contribution >= 4 is 34.3 Å². The second-order valence-corrected chi connectivity index (χ2v) is 7.04. The van der Waals surface area contributed by atoms with Crippen LogP contribution < -0.4 is 10.5 Å². The van der Waals surface area contributed by atoms with Crippen molar-refractivity contribution in [3.63, 3.8) is 0 Å². The minimum Gasteiger partial charge on any atom is -0.308 e. The van der Waals surface area contributed by atoms with E-state index < -0.39 is 0 Å². The quantitative estimate of drug-likeness (QED) is 0.454. The van der Waals surface area contributed by atoms with Crippen LogP contribution in [-0.4, -0.2) is 22.8 Å². The summed E-state index contributed by atoms with van der Waals surface area (Å²) in [4.78, 5) is 27.8. The van der Waals surface area contributed by atoms with Crippen LogP contribution in [-0.2, 0) is 11.3 Å². The molecular formula is C22H22N2O2S. The molecule has 0 spiro atoms. The van der Waals surface area contributed by atoms with Crippen molar-refractivity contribution in [2.75, 3.05) is 17.2 Å². The van der Waals surface area contributed by atoms with E-state index in [1.165, 1.54) is 11.8 Å². The Morgan fingerprint density at radius 2 is 1.85 bits per heavy atom. The summed E-state index contributed by atoms with van der Waals surface area (Å²) in [5, 5.41) is 0.992.